The lowest BCUT2D eigenvalue weighted by Gasteiger charge is -1.90. The molecule has 5 heteroatoms. The van der Waals surface area contributed by atoms with Crippen LogP contribution in [0.3, 0.4) is 0 Å². The van der Waals surface area contributed by atoms with Crippen LogP contribution in [-0.2, 0) is 0 Å². The maximum Gasteiger partial charge on any atom is 0.198 e. The van der Waals surface area contributed by atoms with E-state index < -0.39 is 0 Å². The number of nitrogens with one attached hydrogen (secondary N) is 1. The standard InChI is InChI=1S/C8H8N4O/c9-4-6(13)8-7-5(11-12-8)2-1-3-10-7/h1-3H,4,9H2,(H,11,12). The molecule has 0 unspecified atom stereocenters. The second kappa shape index (κ2) is 2.95. The third-order valence-corrected chi connectivity index (χ3v) is 1.77. The number of hydrogen-bond acceptors (Lipinski definition) is 4. The molecule has 0 spiro atoms. The van der Waals surface area contributed by atoms with Gasteiger partial charge in [-0.05, 0) is 12.1 Å². The summed E-state index contributed by atoms with van der Waals surface area (Å²) >= 11 is 0. The number of carbonyl (C=O) groups is 1. The monoisotopic (exact) mass is 176 g/mol. The molecule has 0 radical (unpaired) electrons. The normalized spacial score (nSPS) is 10.5. The first-order chi connectivity index (χ1) is 6.33. The number of hydrogen-bond donors (Lipinski definition) is 2. The Morgan fingerprint density at radius 3 is 3.23 bits per heavy atom. The maximum atomic E-state index is 11.2. The number of nitrogens with two attached hydrogens (primary N) is 1. The third kappa shape index (κ3) is 1.19. The largest absolute Gasteiger partial charge is 0.324 e. The van der Waals surface area contributed by atoms with Crippen molar-refractivity contribution in [2.75, 3.05) is 6.54 Å². The molecule has 0 fully saturated rings. The van der Waals surface area contributed by atoms with Crippen molar-refractivity contribution in [2.45, 2.75) is 0 Å². The van der Waals surface area contributed by atoms with Crippen molar-refractivity contribution in [1.82, 2.24) is 15.2 Å². The van der Waals surface area contributed by atoms with Crippen LogP contribution in [0, 0.1) is 0 Å². The average molecular weight is 176 g/mol. The molecule has 0 aliphatic rings. The SMILES string of the molecule is NCC(=O)c1n[nH]c2cccnc12. The van der Waals surface area contributed by atoms with Crippen LogP contribution in [0.1, 0.15) is 10.5 Å². The highest BCUT2D eigenvalue weighted by Gasteiger charge is 2.12. The number of ketones is 1. The van der Waals surface area contributed by atoms with Gasteiger partial charge in [-0.15, -0.1) is 0 Å². The summed E-state index contributed by atoms with van der Waals surface area (Å²) in [6.07, 6.45) is 1.62. The fraction of sp³-hybridized carbons (Fsp3) is 0.125. The number of pyridine rings is 1. The van der Waals surface area contributed by atoms with Gasteiger partial charge in [0, 0.05) is 6.20 Å². The minimum absolute atomic E-state index is 0.0451. The van der Waals surface area contributed by atoms with Gasteiger partial charge < -0.3 is 5.73 Å². The molecule has 2 aromatic heterocycles. The van der Waals surface area contributed by atoms with Crippen LogP contribution in [0.5, 0.6) is 0 Å². The molecule has 0 amide bonds. The third-order valence-electron chi connectivity index (χ3n) is 1.77. The average Bonchev–Trinajstić information content (AvgIpc) is 2.60. The Hall–Kier alpha value is -1.75. The van der Waals surface area contributed by atoms with E-state index in [1.165, 1.54) is 0 Å². The van der Waals surface area contributed by atoms with Crippen molar-refractivity contribution in [3.63, 3.8) is 0 Å². The molecule has 3 N–H and O–H groups in total. The van der Waals surface area contributed by atoms with E-state index >= 15 is 0 Å². The van der Waals surface area contributed by atoms with E-state index in [-0.39, 0.29) is 12.3 Å². The fourth-order valence-corrected chi connectivity index (χ4v) is 1.14. The van der Waals surface area contributed by atoms with Gasteiger partial charge in [0.1, 0.15) is 5.52 Å². The minimum atomic E-state index is -0.204. The lowest BCUT2D eigenvalue weighted by Crippen LogP contribution is -2.14. The van der Waals surface area contributed by atoms with E-state index in [0.29, 0.717) is 11.2 Å². The van der Waals surface area contributed by atoms with Gasteiger partial charge in [0.05, 0.1) is 12.1 Å². The summed E-state index contributed by atoms with van der Waals surface area (Å²) in [6, 6.07) is 3.58. The highest BCUT2D eigenvalue weighted by atomic mass is 16.1. The van der Waals surface area contributed by atoms with Crippen LogP contribution < -0.4 is 5.73 Å². The Balaban J connectivity index is 2.64. The van der Waals surface area contributed by atoms with E-state index in [0.717, 1.165) is 5.52 Å². The first-order valence-corrected chi connectivity index (χ1v) is 3.85. The van der Waals surface area contributed by atoms with Gasteiger partial charge in [0.2, 0.25) is 0 Å². The van der Waals surface area contributed by atoms with Crippen molar-refractivity contribution in [3.05, 3.63) is 24.0 Å². The van der Waals surface area contributed by atoms with Crippen molar-refractivity contribution < 1.29 is 4.79 Å². The molecule has 13 heavy (non-hydrogen) atoms. The minimum Gasteiger partial charge on any atom is -0.324 e. The van der Waals surface area contributed by atoms with E-state index in [1.54, 1.807) is 12.3 Å². The number of aromatic nitrogens is 3. The number of carbonyl (C=O) groups excluding carboxylic acids is 1. The number of nitrogens with zero attached hydrogens (tertiary/aromatic N) is 2. The Labute approximate surface area is 74.0 Å². The molecule has 0 bridgehead atoms. The van der Waals surface area contributed by atoms with Gasteiger partial charge in [0.25, 0.3) is 0 Å². The smallest absolute Gasteiger partial charge is 0.198 e. The number of Topliss-reactive ketones (excluding diaryl/α,β-unsaturated/α-hetero) is 1. The van der Waals surface area contributed by atoms with Crippen LogP contribution >= 0.6 is 0 Å². The Bertz CT molecular complexity index is 448. The molecule has 0 saturated carbocycles. The molecule has 0 aliphatic carbocycles. The van der Waals surface area contributed by atoms with E-state index in [9.17, 15) is 4.79 Å². The highest BCUT2D eigenvalue weighted by molar-refractivity contribution is 6.05. The molecule has 2 aromatic rings. The van der Waals surface area contributed by atoms with Crippen LogP contribution in [0.2, 0.25) is 0 Å². The molecule has 0 atom stereocenters. The van der Waals surface area contributed by atoms with Gasteiger partial charge in [-0.3, -0.25) is 14.9 Å². The molecule has 0 aliphatic heterocycles. The van der Waals surface area contributed by atoms with Gasteiger partial charge in [0.15, 0.2) is 11.5 Å². The Kier molecular flexibility index (Phi) is 1.79. The van der Waals surface area contributed by atoms with E-state index in [1.807, 2.05) is 6.07 Å². The zero-order chi connectivity index (χ0) is 9.26. The van der Waals surface area contributed by atoms with Crippen LogP contribution in [0.15, 0.2) is 18.3 Å². The predicted octanol–water partition coefficient (Wildman–Crippen LogP) is 0.0993. The predicted molar refractivity (Wildman–Crippen MR) is 47.3 cm³/mol. The lowest BCUT2D eigenvalue weighted by molar-refractivity contribution is 0.0998. The summed E-state index contributed by atoms with van der Waals surface area (Å²) in [6.45, 7) is -0.0451. The quantitative estimate of drug-likeness (QED) is 0.635. The molecular formula is C8H8N4O. The fourth-order valence-electron chi connectivity index (χ4n) is 1.14. The first kappa shape index (κ1) is 7.88. The molecule has 0 aromatic carbocycles. The van der Waals surface area contributed by atoms with E-state index in [4.69, 9.17) is 5.73 Å². The van der Waals surface area contributed by atoms with Crippen LogP contribution in [-0.4, -0.2) is 27.5 Å². The van der Waals surface area contributed by atoms with Gasteiger partial charge >= 0.3 is 0 Å². The first-order valence-electron chi connectivity index (χ1n) is 3.85. The van der Waals surface area contributed by atoms with Crippen molar-refractivity contribution in [1.29, 1.82) is 0 Å². The molecule has 66 valence electrons. The maximum absolute atomic E-state index is 11.2. The van der Waals surface area contributed by atoms with E-state index in [2.05, 4.69) is 15.2 Å². The second-order valence-electron chi connectivity index (χ2n) is 2.60. The van der Waals surface area contributed by atoms with Crippen molar-refractivity contribution >= 4 is 16.8 Å². The molecule has 2 heterocycles. The summed E-state index contributed by atoms with van der Waals surface area (Å²) in [7, 11) is 0. The molecule has 5 nitrogen and oxygen atoms in total. The number of rotatable bonds is 2. The number of fused-ring (bicyclic) bond motifs is 1. The summed E-state index contributed by atoms with van der Waals surface area (Å²) in [5.41, 5.74) is 6.87. The Morgan fingerprint density at radius 1 is 1.62 bits per heavy atom. The zero-order valence-electron chi connectivity index (χ0n) is 6.82. The lowest BCUT2D eigenvalue weighted by atomic mass is 10.2. The van der Waals surface area contributed by atoms with Gasteiger partial charge in [-0.2, -0.15) is 5.10 Å². The summed E-state index contributed by atoms with van der Waals surface area (Å²) in [4.78, 5) is 15.3. The topological polar surface area (TPSA) is 84.7 Å². The molecule has 2 rings (SSSR count). The highest BCUT2D eigenvalue weighted by Crippen LogP contribution is 2.11. The second-order valence-corrected chi connectivity index (χ2v) is 2.60. The van der Waals surface area contributed by atoms with Crippen molar-refractivity contribution in [3.8, 4) is 0 Å². The van der Waals surface area contributed by atoms with Gasteiger partial charge in [-0.25, -0.2) is 0 Å². The van der Waals surface area contributed by atoms with Crippen molar-refractivity contribution in [2.24, 2.45) is 5.73 Å². The molecule has 0 saturated heterocycles. The Morgan fingerprint density at radius 2 is 2.46 bits per heavy atom. The molecular weight excluding hydrogens is 168 g/mol. The van der Waals surface area contributed by atoms with Crippen LogP contribution in [0.4, 0.5) is 0 Å². The summed E-state index contributed by atoms with van der Waals surface area (Å²) < 4.78 is 0. The summed E-state index contributed by atoms with van der Waals surface area (Å²) in [5.74, 6) is -0.204. The van der Waals surface area contributed by atoms with Crippen LogP contribution in [0.25, 0.3) is 11.0 Å². The zero-order valence-corrected chi connectivity index (χ0v) is 6.82. The number of H-pyrrole nitrogens is 1. The summed E-state index contributed by atoms with van der Waals surface area (Å²) in [5, 5.41) is 6.56. The number of aromatic amines is 1. The van der Waals surface area contributed by atoms with Gasteiger partial charge in [-0.1, -0.05) is 0 Å².